The molecule has 0 saturated carbocycles. The molecule has 0 aromatic heterocycles. The van der Waals surface area contributed by atoms with Crippen molar-refractivity contribution in [3.63, 3.8) is 0 Å². The molecule has 2 nitrogen and oxygen atoms in total. The summed E-state index contributed by atoms with van der Waals surface area (Å²) in [7, 11) is 3.77. The summed E-state index contributed by atoms with van der Waals surface area (Å²) in [6, 6.07) is 0. The second kappa shape index (κ2) is 3.60. The van der Waals surface area contributed by atoms with E-state index in [9.17, 15) is 5.11 Å². The monoisotopic (exact) mass is 141 g/mol. The molecule has 0 aliphatic heterocycles. The van der Waals surface area contributed by atoms with Crippen LogP contribution in [0.3, 0.4) is 0 Å². The molecule has 0 rings (SSSR count). The molecule has 0 radical (unpaired) electrons. The van der Waals surface area contributed by atoms with E-state index in [1.807, 2.05) is 25.9 Å². The summed E-state index contributed by atoms with van der Waals surface area (Å²) >= 11 is 0. The van der Waals surface area contributed by atoms with Crippen molar-refractivity contribution in [3.05, 3.63) is 0 Å². The first-order valence-electron chi connectivity index (χ1n) is 3.39. The second-order valence-corrected chi connectivity index (χ2v) is 2.77. The zero-order valence-corrected chi connectivity index (χ0v) is 6.89. The van der Waals surface area contributed by atoms with Crippen molar-refractivity contribution in [2.45, 2.75) is 18.9 Å². The first-order valence-corrected chi connectivity index (χ1v) is 3.39. The Balaban J connectivity index is 3.97. The Bertz CT molecular complexity index is 137. The summed E-state index contributed by atoms with van der Waals surface area (Å²) in [5.41, 5.74) is -0.941. The predicted octanol–water partition coefficient (Wildman–Crippen LogP) is 0.322. The summed E-state index contributed by atoms with van der Waals surface area (Å²) in [4.78, 5) is 1.88. The Kier molecular flexibility index (Phi) is 3.41. The molecule has 2 heteroatoms. The molecule has 58 valence electrons. The van der Waals surface area contributed by atoms with Crippen molar-refractivity contribution < 1.29 is 5.11 Å². The van der Waals surface area contributed by atoms with Gasteiger partial charge in [-0.1, -0.05) is 12.8 Å². The van der Waals surface area contributed by atoms with Gasteiger partial charge >= 0.3 is 0 Å². The van der Waals surface area contributed by atoms with Gasteiger partial charge in [-0.15, -0.1) is 6.42 Å². The Morgan fingerprint density at radius 1 is 1.60 bits per heavy atom. The fourth-order valence-corrected chi connectivity index (χ4v) is 0.783. The van der Waals surface area contributed by atoms with Crippen LogP contribution in [0.25, 0.3) is 0 Å². The maximum Gasteiger partial charge on any atom is 0.137 e. The summed E-state index contributed by atoms with van der Waals surface area (Å²) in [5.74, 6) is 2.37. The first kappa shape index (κ1) is 9.48. The lowest BCUT2D eigenvalue weighted by molar-refractivity contribution is 0.0674. The molecular formula is C8H15NO. The van der Waals surface area contributed by atoms with Crippen LogP contribution in [0.2, 0.25) is 0 Å². The SMILES string of the molecule is C#CC(O)(CC)CN(C)C. The quantitative estimate of drug-likeness (QED) is 0.572. The molecule has 0 saturated heterocycles. The minimum Gasteiger partial charge on any atom is -0.376 e. The molecule has 0 fully saturated rings. The van der Waals surface area contributed by atoms with Gasteiger partial charge in [0.1, 0.15) is 5.60 Å². The number of aliphatic hydroxyl groups is 1. The standard InChI is InChI=1S/C8H15NO/c1-5-8(10,6-2)7-9(3)4/h1,10H,6-7H2,2-4H3. The number of hydrogen-bond donors (Lipinski definition) is 1. The van der Waals surface area contributed by atoms with Crippen molar-refractivity contribution in [2.75, 3.05) is 20.6 Å². The molecule has 0 aromatic rings. The van der Waals surface area contributed by atoms with Gasteiger partial charge in [0.25, 0.3) is 0 Å². The van der Waals surface area contributed by atoms with Crippen molar-refractivity contribution in [1.82, 2.24) is 4.90 Å². The summed E-state index contributed by atoms with van der Waals surface area (Å²) < 4.78 is 0. The molecule has 1 N–H and O–H groups in total. The maximum absolute atomic E-state index is 9.52. The van der Waals surface area contributed by atoms with Crippen LogP contribution < -0.4 is 0 Å². The second-order valence-electron chi connectivity index (χ2n) is 2.77. The Morgan fingerprint density at radius 2 is 2.10 bits per heavy atom. The van der Waals surface area contributed by atoms with E-state index < -0.39 is 5.60 Å². The fourth-order valence-electron chi connectivity index (χ4n) is 0.783. The lowest BCUT2D eigenvalue weighted by atomic mass is 10.0. The van der Waals surface area contributed by atoms with Crippen molar-refractivity contribution in [2.24, 2.45) is 0 Å². The molecule has 10 heavy (non-hydrogen) atoms. The van der Waals surface area contributed by atoms with E-state index in [1.54, 1.807) is 0 Å². The molecule has 0 bridgehead atoms. The molecular weight excluding hydrogens is 126 g/mol. The molecule has 0 aliphatic carbocycles. The summed E-state index contributed by atoms with van der Waals surface area (Å²) in [6.45, 7) is 2.41. The highest BCUT2D eigenvalue weighted by atomic mass is 16.3. The molecule has 0 heterocycles. The Hall–Kier alpha value is -0.520. The average molecular weight is 141 g/mol. The molecule has 0 amide bonds. The summed E-state index contributed by atoms with van der Waals surface area (Å²) in [6.07, 6.45) is 5.74. The van der Waals surface area contributed by atoms with E-state index in [2.05, 4.69) is 5.92 Å². The summed E-state index contributed by atoms with van der Waals surface area (Å²) in [5, 5.41) is 9.52. The largest absolute Gasteiger partial charge is 0.376 e. The normalized spacial score (nSPS) is 16.4. The van der Waals surface area contributed by atoms with Crippen LogP contribution in [0.15, 0.2) is 0 Å². The Labute approximate surface area is 62.8 Å². The van der Waals surface area contributed by atoms with Gasteiger partial charge in [0.05, 0.1) is 0 Å². The van der Waals surface area contributed by atoms with Gasteiger partial charge in [0.2, 0.25) is 0 Å². The number of hydrogen-bond acceptors (Lipinski definition) is 2. The molecule has 1 unspecified atom stereocenters. The van der Waals surface area contributed by atoms with Crippen LogP contribution >= 0.6 is 0 Å². The Morgan fingerprint density at radius 3 is 2.20 bits per heavy atom. The smallest absolute Gasteiger partial charge is 0.137 e. The van der Waals surface area contributed by atoms with Gasteiger partial charge in [0, 0.05) is 6.54 Å². The number of terminal acetylenes is 1. The third kappa shape index (κ3) is 2.86. The van der Waals surface area contributed by atoms with Gasteiger partial charge in [-0.2, -0.15) is 0 Å². The average Bonchev–Trinajstić information content (AvgIpc) is 1.87. The van der Waals surface area contributed by atoms with Crippen LogP contribution in [0.1, 0.15) is 13.3 Å². The van der Waals surface area contributed by atoms with Crippen molar-refractivity contribution in [3.8, 4) is 12.3 Å². The fraction of sp³-hybridized carbons (Fsp3) is 0.750. The minimum absolute atomic E-state index is 0.528. The maximum atomic E-state index is 9.52. The highest BCUT2D eigenvalue weighted by molar-refractivity contribution is 5.07. The zero-order valence-electron chi connectivity index (χ0n) is 6.89. The van der Waals surface area contributed by atoms with E-state index in [0.29, 0.717) is 13.0 Å². The molecule has 0 spiro atoms. The highest BCUT2D eigenvalue weighted by Crippen LogP contribution is 2.08. The van der Waals surface area contributed by atoms with E-state index in [-0.39, 0.29) is 0 Å². The zero-order chi connectivity index (χ0) is 8.20. The lowest BCUT2D eigenvalue weighted by Crippen LogP contribution is -2.37. The van der Waals surface area contributed by atoms with Crippen LogP contribution in [-0.4, -0.2) is 36.2 Å². The number of nitrogens with zero attached hydrogens (tertiary/aromatic N) is 1. The van der Waals surface area contributed by atoms with Crippen LogP contribution in [0.4, 0.5) is 0 Å². The van der Waals surface area contributed by atoms with Crippen molar-refractivity contribution >= 4 is 0 Å². The van der Waals surface area contributed by atoms with E-state index in [1.165, 1.54) is 0 Å². The predicted molar refractivity (Wildman–Crippen MR) is 42.6 cm³/mol. The van der Waals surface area contributed by atoms with Crippen LogP contribution in [0, 0.1) is 12.3 Å². The third-order valence-electron chi connectivity index (χ3n) is 1.43. The van der Waals surface area contributed by atoms with Crippen molar-refractivity contribution in [1.29, 1.82) is 0 Å². The van der Waals surface area contributed by atoms with Crippen LogP contribution in [-0.2, 0) is 0 Å². The topological polar surface area (TPSA) is 23.5 Å². The highest BCUT2D eigenvalue weighted by Gasteiger charge is 2.21. The van der Waals surface area contributed by atoms with E-state index in [0.717, 1.165) is 0 Å². The lowest BCUT2D eigenvalue weighted by Gasteiger charge is -2.23. The van der Waals surface area contributed by atoms with Gasteiger partial charge in [0.15, 0.2) is 0 Å². The van der Waals surface area contributed by atoms with E-state index >= 15 is 0 Å². The number of rotatable bonds is 3. The number of likely N-dealkylation sites (N-methyl/N-ethyl adjacent to an activating group) is 1. The molecule has 1 atom stereocenters. The minimum atomic E-state index is -0.941. The third-order valence-corrected chi connectivity index (χ3v) is 1.43. The van der Waals surface area contributed by atoms with E-state index in [4.69, 9.17) is 6.42 Å². The molecule has 0 aromatic carbocycles. The van der Waals surface area contributed by atoms with Crippen LogP contribution in [0.5, 0.6) is 0 Å². The van der Waals surface area contributed by atoms with Gasteiger partial charge in [-0.3, -0.25) is 0 Å². The van der Waals surface area contributed by atoms with Gasteiger partial charge in [-0.25, -0.2) is 0 Å². The van der Waals surface area contributed by atoms with Gasteiger partial charge in [-0.05, 0) is 20.5 Å². The molecule has 0 aliphatic rings. The first-order chi connectivity index (χ1) is 4.54. The van der Waals surface area contributed by atoms with Gasteiger partial charge < -0.3 is 10.0 Å².